The van der Waals surface area contributed by atoms with E-state index in [-0.39, 0.29) is 17.5 Å². The standard InChI is InChI=1S/C18H22N4O5S/c1-21(2)17-5-6-18(20-19-17)27-13-7-8-22(12-13)28(23,24)14-3-4-15-16(11-14)26-10-9-25-15/h3-6,11,13H,7-10,12H2,1-2H3. The van der Waals surface area contributed by atoms with Gasteiger partial charge in [-0.2, -0.15) is 4.31 Å². The van der Waals surface area contributed by atoms with Crippen LogP contribution in [0.3, 0.4) is 0 Å². The molecule has 1 atom stereocenters. The van der Waals surface area contributed by atoms with Gasteiger partial charge in [0.2, 0.25) is 15.9 Å². The molecule has 0 bridgehead atoms. The summed E-state index contributed by atoms with van der Waals surface area (Å²) in [6.45, 7) is 1.50. The molecule has 1 aromatic carbocycles. The molecule has 3 heterocycles. The lowest BCUT2D eigenvalue weighted by Gasteiger charge is -2.21. The minimum absolute atomic E-state index is 0.188. The highest BCUT2D eigenvalue weighted by atomic mass is 32.2. The van der Waals surface area contributed by atoms with Gasteiger partial charge in [0.1, 0.15) is 19.3 Å². The molecule has 0 radical (unpaired) electrons. The van der Waals surface area contributed by atoms with Crippen LogP contribution >= 0.6 is 0 Å². The quantitative estimate of drug-likeness (QED) is 0.730. The largest absolute Gasteiger partial charge is 0.486 e. The third-order valence-electron chi connectivity index (χ3n) is 4.63. The van der Waals surface area contributed by atoms with Crippen molar-refractivity contribution in [3.05, 3.63) is 30.3 Å². The summed E-state index contributed by atoms with van der Waals surface area (Å²) < 4.78 is 44.1. The van der Waals surface area contributed by atoms with Crippen molar-refractivity contribution in [2.45, 2.75) is 17.4 Å². The predicted molar refractivity (Wildman–Crippen MR) is 102 cm³/mol. The van der Waals surface area contributed by atoms with Crippen LogP contribution in [0.5, 0.6) is 17.4 Å². The molecular formula is C18H22N4O5S. The summed E-state index contributed by atoms with van der Waals surface area (Å²) in [6, 6.07) is 8.24. The fraction of sp³-hybridized carbons (Fsp3) is 0.444. The summed E-state index contributed by atoms with van der Waals surface area (Å²) in [7, 11) is 0.114. The Morgan fingerprint density at radius 2 is 1.89 bits per heavy atom. The molecule has 28 heavy (non-hydrogen) atoms. The van der Waals surface area contributed by atoms with E-state index in [0.717, 1.165) is 5.82 Å². The summed E-state index contributed by atoms with van der Waals surface area (Å²) in [5.74, 6) is 2.12. The second-order valence-electron chi connectivity index (χ2n) is 6.82. The topological polar surface area (TPSA) is 94.1 Å². The highest BCUT2D eigenvalue weighted by Gasteiger charge is 2.34. The molecule has 0 saturated carbocycles. The number of aromatic nitrogens is 2. The molecule has 0 amide bonds. The van der Waals surface area contributed by atoms with Crippen molar-refractivity contribution in [3.8, 4) is 17.4 Å². The van der Waals surface area contributed by atoms with Crippen LogP contribution in [0, 0.1) is 0 Å². The van der Waals surface area contributed by atoms with E-state index in [0.29, 0.717) is 43.6 Å². The first-order chi connectivity index (χ1) is 13.4. The van der Waals surface area contributed by atoms with Crippen molar-refractivity contribution in [2.75, 3.05) is 45.3 Å². The van der Waals surface area contributed by atoms with E-state index >= 15 is 0 Å². The van der Waals surface area contributed by atoms with Gasteiger partial charge in [0.05, 0.1) is 11.4 Å². The summed E-state index contributed by atoms with van der Waals surface area (Å²) >= 11 is 0. The van der Waals surface area contributed by atoms with Gasteiger partial charge in [-0.3, -0.25) is 0 Å². The maximum Gasteiger partial charge on any atom is 0.243 e. The molecule has 0 N–H and O–H groups in total. The van der Waals surface area contributed by atoms with Gasteiger partial charge in [-0.15, -0.1) is 10.2 Å². The number of hydrogen-bond donors (Lipinski definition) is 0. The van der Waals surface area contributed by atoms with Crippen LogP contribution in [-0.4, -0.2) is 69.4 Å². The first kappa shape index (κ1) is 18.8. The molecule has 9 nitrogen and oxygen atoms in total. The van der Waals surface area contributed by atoms with Gasteiger partial charge in [0, 0.05) is 32.8 Å². The Morgan fingerprint density at radius 1 is 1.11 bits per heavy atom. The third kappa shape index (κ3) is 3.69. The number of sulfonamides is 1. The number of nitrogens with zero attached hydrogens (tertiary/aromatic N) is 4. The normalized spacial score (nSPS) is 19.4. The SMILES string of the molecule is CN(C)c1ccc(OC2CCN(S(=O)(=O)c3ccc4c(c3)OCCO4)C2)nn1. The molecule has 1 aromatic heterocycles. The van der Waals surface area contributed by atoms with Gasteiger partial charge in [0.25, 0.3) is 0 Å². The minimum atomic E-state index is -3.64. The van der Waals surface area contributed by atoms with E-state index in [1.165, 1.54) is 10.4 Å². The zero-order chi connectivity index (χ0) is 19.7. The monoisotopic (exact) mass is 406 g/mol. The van der Waals surface area contributed by atoms with E-state index in [9.17, 15) is 8.42 Å². The average Bonchev–Trinajstić information content (AvgIpc) is 3.17. The second kappa shape index (κ2) is 7.44. The molecule has 1 fully saturated rings. The number of rotatable bonds is 5. The zero-order valence-corrected chi connectivity index (χ0v) is 16.6. The van der Waals surface area contributed by atoms with Crippen LogP contribution in [-0.2, 0) is 10.0 Å². The summed E-state index contributed by atoms with van der Waals surface area (Å²) in [5.41, 5.74) is 0. The van der Waals surface area contributed by atoms with Crippen LogP contribution in [0.15, 0.2) is 35.2 Å². The number of benzene rings is 1. The average molecular weight is 406 g/mol. The smallest absolute Gasteiger partial charge is 0.243 e. The van der Waals surface area contributed by atoms with Crippen LogP contribution in [0.25, 0.3) is 0 Å². The van der Waals surface area contributed by atoms with E-state index in [4.69, 9.17) is 14.2 Å². The molecule has 1 unspecified atom stereocenters. The molecule has 0 aliphatic carbocycles. The van der Waals surface area contributed by atoms with Crippen molar-refractivity contribution in [3.63, 3.8) is 0 Å². The molecular weight excluding hydrogens is 384 g/mol. The van der Waals surface area contributed by atoms with Gasteiger partial charge in [-0.25, -0.2) is 8.42 Å². The van der Waals surface area contributed by atoms with Gasteiger partial charge < -0.3 is 19.1 Å². The van der Waals surface area contributed by atoms with Crippen LogP contribution < -0.4 is 19.1 Å². The Bertz CT molecular complexity index is 949. The number of ether oxygens (including phenoxy) is 3. The van der Waals surface area contributed by atoms with Crippen molar-refractivity contribution in [1.29, 1.82) is 0 Å². The maximum absolute atomic E-state index is 13.0. The van der Waals surface area contributed by atoms with Crippen molar-refractivity contribution in [2.24, 2.45) is 0 Å². The molecule has 10 heteroatoms. The highest BCUT2D eigenvalue weighted by Crippen LogP contribution is 2.34. The van der Waals surface area contributed by atoms with Gasteiger partial charge in [-0.05, 0) is 24.6 Å². The van der Waals surface area contributed by atoms with E-state index in [1.54, 1.807) is 24.3 Å². The fourth-order valence-corrected chi connectivity index (χ4v) is 4.63. The molecule has 2 aliphatic rings. The molecule has 0 spiro atoms. The van der Waals surface area contributed by atoms with Crippen LogP contribution in [0.4, 0.5) is 5.82 Å². The Hall–Kier alpha value is -2.59. The zero-order valence-electron chi connectivity index (χ0n) is 15.7. The first-order valence-electron chi connectivity index (χ1n) is 9.01. The van der Waals surface area contributed by atoms with Crippen molar-refractivity contribution >= 4 is 15.8 Å². The molecule has 1 saturated heterocycles. The maximum atomic E-state index is 13.0. The number of anilines is 1. The van der Waals surface area contributed by atoms with E-state index in [2.05, 4.69) is 10.2 Å². The second-order valence-corrected chi connectivity index (χ2v) is 8.76. The van der Waals surface area contributed by atoms with Gasteiger partial charge in [0.15, 0.2) is 17.3 Å². The Kier molecular flexibility index (Phi) is 4.98. The highest BCUT2D eigenvalue weighted by molar-refractivity contribution is 7.89. The van der Waals surface area contributed by atoms with E-state index < -0.39 is 10.0 Å². The number of hydrogen-bond acceptors (Lipinski definition) is 8. The fourth-order valence-electron chi connectivity index (χ4n) is 3.13. The van der Waals surface area contributed by atoms with Crippen molar-refractivity contribution in [1.82, 2.24) is 14.5 Å². The van der Waals surface area contributed by atoms with E-state index in [1.807, 2.05) is 19.0 Å². The lowest BCUT2D eigenvalue weighted by atomic mass is 10.3. The summed E-state index contributed by atoms with van der Waals surface area (Å²) in [5, 5.41) is 8.11. The third-order valence-corrected chi connectivity index (χ3v) is 6.49. The Morgan fingerprint density at radius 3 is 2.61 bits per heavy atom. The molecule has 4 rings (SSSR count). The minimum Gasteiger partial charge on any atom is -0.486 e. The predicted octanol–water partition coefficient (Wildman–Crippen LogP) is 1.16. The number of fused-ring (bicyclic) bond motifs is 1. The van der Waals surface area contributed by atoms with Gasteiger partial charge in [-0.1, -0.05) is 0 Å². The van der Waals surface area contributed by atoms with Crippen LogP contribution in [0.2, 0.25) is 0 Å². The Balaban J connectivity index is 1.44. The lowest BCUT2D eigenvalue weighted by Crippen LogP contribution is -2.31. The summed E-state index contributed by atoms with van der Waals surface area (Å²) in [4.78, 5) is 2.03. The molecule has 150 valence electrons. The lowest BCUT2D eigenvalue weighted by molar-refractivity contribution is 0.171. The molecule has 2 aliphatic heterocycles. The Labute approximate surface area is 163 Å². The van der Waals surface area contributed by atoms with Crippen LogP contribution in [0.1, 0.15) is 6.42 Å². The molecule has 2 aromatic rings. The first-order valence-corrected chi connectivity index (χ1v) is 10.4. The summed E-state index contributed by atoms with van der Waals surface area (Å²) in [6.07, 6.45) is 0.312. The van der Waals surface area contributed by atoms with Crippen molar-refractivity contribution < 1.29 is 22.6 Å². The van der Waals surface area contributed by atoms with Gasteiger partial charge >= 0.3 is 0 Å².